The van der Waals surface area contributed by atoms with Crippen molar-refractivity contribution in [1.29, 1.82) is 0 Å². The summed E-state index contributed by atoms with van der Waals surface area (Å²) in [5.74, 6) is -0.216. The number of aliphatic hydroxyl groups is 1. The zero-order valence-corrected chi connectivity index (χ0v) is 33.6. The third-order valence-corrected chi connectivity index (χ3v) is 9.05. The molecule has 0 amide bonds. The summed E-state index contributed by atoms with van der Waals surface area (Å²) in [6, 6.07) is 0. The Bertz CT molecular complexity index is 881. The maximum atomic E-state index is 12.2. The summed E-state index contributed by atoms with van der Waals surface area (Å²) in [5, 5.41) is 9.59. The van der Waals surface area contributed by atoms with E-state index >= 15 is 0 Å². The van der Waals surface area contributed by atoms with Crippen LogP contribution in [0.4, 0.5) is 0 Å². The molecule has 4 heteroatoms. The molecule has 0 radical (unpaired) electrons. The zero-order valence-electron chi connectivity index (χ0n) is 33.6. The Hall–Kier alpha value is -2.17. The molecule has 0 aliphatic heterocycles. The predicted molar refractivity (Wildman–Crippen MR) is 223 cm³/mol. The van der Waals surface area contributed by atoms with Crippen molar-refractivity contribution in [3.63, 3.8) is 0 Å². The minimum Gasteiger partial charge on any atom is -0.457 e. The van der Waals surface area contributed by atoms with Gasteiger partial charge in [0.25, 0.3) is 0 Å². The lowest BCUT2D eigenvalue weighted by molar-refractivity contribution is -0.154. The van der Waals surface area contributed by atoms with E-state index in [1.165, 1.54) is 103 Å². The fourth-order valence-corrected chi connectivity index (χ4v) is 5.86. The summed E-state index contributed by atoms with van der Waals surface area (Å²) in [5.41, 5.74) is 0. The average Bonchev–Trinajstić information content (AvgIpc) is 3.14. The Balaban J connectivity index is 3.52. The lowest BCUT2D eigenvalue weighted by Gasteiger charge is -2.16. The minimum absolute atomic E-state index is 0.179. The summed E-state index contributed by atoms with van der Waals surface area (Å²) in [6.45, 7) is 5.22. The van der Waals surface area contributed by atoms with Crippen molar-refractivity contribution in [2.75, 3.05) is 19.8 Å². The molecule has 0 bridgehead atoms. The van der Waals surface area contributed by atoms with E-state index in [1.807, 2.05) is 0 Å². The highest BCUT2D eigenvalue weighted by molar-refractivity contribution is 5.69. The molecule has 1 atom stereocenters. The Morgan fingerprint density at radius 1 is 0.490 bits per heavy atom. The SMILES string of the molecule is CC/C=C\C/C=C\C/C=C\C/C=C\C/C=C\C/C=C\CCCCCCCCC(=O)OC(CO)COCCCCCCCCCCCCCCCC. The molecule has 0 rings (SSSR count). The maximum Gasteiger partial charge on any atom is 0.306 e. The van der Waals surface area contributed by atoms with E-state index in [0.29, 0.717) is 13.0 Å². The fraction of sp³-hybridized carbons (Fsp3) is 0.723. The van der Waals surface area contributed by atoms with Crippen LogP contribution in [0.5, 0.6) is 0 Å². The second-order valence-corrected chi connectivity index (χ2v) is 14.0. The molecule has 0 aliphatic rings. The van der Waals surface area contributed by atoms with Crippen LogP contribution in [0.15, 0.2) is 72.9 Å². The molecule has 0 saturated carbocycles. The van der Waals surface area contributed by atoms with Crippen LogP contribution >= 0.6 is 0 Å². The van der Waals surface area contributed by atoms with Gasteiger partial charge in [-0.15, -0.1) is 0 Å². The van der Waals surface area contributed by atoms with Crippen molar-refractivity contribution in [3.8, 4) is 0 Å². The number of hydrogen-bond donors (Lipinski definition) is 1. The van der Waals surface area contributed by atoms with E-state index in [0.717, 1.165) is 70.6 Å². The van der Waals surface area contributed by atoms with Gasteiger partial charge in [-0.05, 0) is 64.2 Å². The van der Waals surface area contributed by atoms with E-state index in [4.69, 9.17) is 9.47 Å². The Morgan fingerprint density at radius 2 is 0.882 bits per heavy atom. The third kappa shape index (κ3) is 42.1. The summed E-state index contributed by atoms with van der Waals surface area (Å²) in [7, 11) is 0. The van der Waals surface area contributed by atoms with Crippen molar-refractivity contribution in [3.05, 3.63) is 72.9 Å². The van der Waals surface area contributed by atoms with Gasteiger partial charge in [0.2, 0.25) is 0 Å². The highest BCUT2D eigenvalue weighted by Crippen LogP contribution is 2.14. The second-order valence-electron chi connectivity index (χ2n) is 14.0. The van der Waals surface area contributed by atoms with Crippen LogP contribution in [0.3, 0.4) is 0 Å². The molecule has 51 heavy (non-hydrogen) atoms. The first kappa shape index (κ1) is 48.8. The largest absolute Gasteiger partial charge is 0.457 e. The Morgan fingerprint density at radius 3 is 1.33 bits per heavy atom. The van der Waals surface area contributed by atoms with Crippen molar-refractivity contribution in [2.45, 2.75) is 200 Å². The first-order valence-corrected chi connectivity index (χ1v) is 21.5. The summed E-state index contributed by atoms with van der Waals surface area (Å²) in [6.07, 6.45) is 59.5. The van der Waals surface area contributed by atoms with Crippen LogP contribution < -0.4 is 0 Å². The number of carbonyl (C=O) groups is 1. The van der Waals surface area contributed by atoms with Gasteiger partial charge in [-0.1, -0.05) is 196 Å². The molecule has 0 heterocycles. The Kier molecular flexibility index (Phi) is 42.1. The van der Waals surface area contributed by atoms with Crippen LogP contribution in [0.25, 0.3) is 0 Å². The quantitative estimate of drug-likeness (QED) is 0.0392. The van der Waals surface area contributed by atoms with Crippen LogP contribution in [0.2, 0.25) is 0 Å². The normalized spacial score (nSPS) is 13.1. The van der Waals surface area contributed by atoms with Crippen molar-refractivity contribution in [2.24, 2.45) is 0 Å². The molecular formula is C47H82O4. The summed E-state index contributed by atoms with van der Waals surface area (Å²) < 4.78 is 11.1. The monoisotopic (exact) mass is 711 g/mol. The first-order chi connectivity index (χ1) is 25.2. The topological polar surface area (TPSA) is 55.8 Å². The molecule has 1 unspecified atom stereocenters. The van der Waals surface area contributed by atoms with Gasteiger partial charge < -0.3 is 14.6 Å². The van der Waals surface area contributed by atoms with Gasteiger partial charge in [0.15, 0.2) is 0 Å². The molecule has 0 aliphatic carbocycles. The number of allylic oxidation sites excluding steroid dienone is 12. The molecule has 4 nitrogen and oxygen atoms in total. The summed E-state index contributed by atoms with van der Waals surface area (Å²) >= 11 is 0. The number of unbranched alkanes of at least 4 members (excludes halogenated alkanes) is 19. The first-order valence-electron chi connectivity index (χ1n) is 21.5. The number of aliphatic hydroxyl groups excluding tert-OH is 1. The molecule has 0 spiro atoms. The van der Waals surface area contributed by atoms with Gasteiger partial charge in [-0.2, -0.15) is 0 Å². The number of ether oxygens (including phenoxy) is 2. The van der Waals surface area contributed by atoms with Crippen molar-refractivity contribution < 1.29 is 19.4 Å². The number of hydrogen-bond acceptors (Lipinski definition) is 4. The van der Waals surface area contributed by atoms with Gasteiger partial charge in [0.05, 0.1) is 13.2 Å². The van der Waals surface area contributed by atoms with Gasteiger partial charge in [-0.3, -0.25) is 4.79 Å². The van der Waals surface area contributed by atoms with E-state index in [1.54, 1.807) is 0 Å². The molecule has 0 fully saturated rings. The van der Waals surface area contributed by atoms with Crippen molar-refractivity contribution in [1.82, 2.24) is 0 Å². The zero-order chi connectivity index (χ0) is 37.0. The maximum absolute atomic E-state index is 12.2. The van der Waals surface area contributed by atoms with Gasteiger partial charge in [0, 0.05) is 13.0 Å². The molecule has 0 aromatic heterocycles. The van der Waals surface area contributed by atoms with Gasteiger partial charge >= 0.3 is 5.97 Å². The predicted octanol–water partition coefficient (Wildman–Crippen LogP) is 14.2. The van der Waals surface area contributed by atoms with Gasteiger partial charge in [-0.25, -0.2) is 0 Å². The van der Waals surface area contributed by atoms with Crippen LogP contribution in [-0.4, -0.2) is 37.0 Å². The highest BCUT2D eigenvalue weighted by atomic mass is 16.6. The summed E-state index contributed by atoms with van der Waals surface area (Å²) in [4.78, 5) is 12.2. The molecule has 1 N–H and O–H groups in total. The second kappa shape index (κ2) is 44.0. The van der Waals surface area contributed by atoms with Crippen molar-refractivity contribution >= 4 is 5.97 Å². The number of esters is 1. The molecule has 0 aromatic rings. The van der Waals surface area contributed by atoms with Crippen LogP contribution in [0, 0.1) is 0 Å². The van der Waals surface area contributed by atoms with Crippen LogP contribution in [-0.2, 0) is 14.3 Å². The van der Waals surface area contributed by atoms with E-state index in [-0.39, 0.29) is 19.2 Å². The van der Waals surface area contributed by atoms with E-state index in [9.17, 15) is 9.90 Å². The van der Waals surface area contributed by atoms with E-state index in [2.05, 4.69) is 86.8 Å². The highest BCUT2D eigenvalue weighted by Gasteiger charge is 2.13. The fourth-order valence-electron chi connectivity index (χ4n) is 5.86. The van der Waals surface area contributed by atoms with Gasteiger partial charge in [0.1, 0.15) is 6.10 Å². The lowest BCUT2D eigenvalue weighted by Crippen LogP contribution is -2.27. The Labute approximate surface area is 317 Å². The molecule has 0 aromatic carbocycles. The molecule has 0 saturated heterocycles. The molecular weight excluding hydrogens is 629 g/mol. The standard InChI is InChI=1S/C47H82O4/c1-3-5-7-9-11-13-15-17-19-20-21-22-23-24-25-26-27-28-29-30-32-34-36-38-40-42-47(49)51-46(44-48)45-50-43-41-39-37-35-33-31-18-16-14-12-10-8-6-4-2/h5,7,11,13,17,19,21-22,24-25,27-28,46,48H,3-4,6,8-10,12,14-16,18,20,23,26,29-45H2,1-2H3/b7-5-,13-11-,19-17-,22-21-,25-24-,28-27-. The number of rotatable bonds is 39. The van der Waals surface area contributed by atoms with E-state index < -0.39 is 6.10 Å². The third-order valence-electron chi connectivity index (χ3n) is 9.05. The van der Waals surface area contributed by atoms with Crippen LogP contribution in [0.1, 0.15) is 194 Å². The smallest absolute Gasteiger partial charge is 0.306 e. The lowest BCUT2D eigenvalue weighted by atomic mass is 10.0. The molecule has 294 valence electrons. The number of carbonyl (C=O) groups excluding carboxylic acids is 1. The minimum atomic E-state index is -0.543. The average molecular weight is 711 g/mol.